The van der Waals surface area contributed by atoms with Crippen molar-refractivity contribution in [1.82, 2.24) is 0 Å². The van der Waals surface area contributed by atoms with Crippen LogP contribution in [0.5, 0.6) is 0 Å². The third-order valence-electron chi connectivity index (χ3n) is 2.48. The molecule has 98 valence electrons. The predicted octanol–water partition coefficient (Wildman–Crippen LogP) is 4.97. The summed E-state index contributed by atoms with van der Waals surface area (Å²) >= 11 is 0. The highest BCUT2D eigenvalue weighted by Gasteiger charge is 1.88. The third kappa shape index (κ3) is 7.50. The van der Waals surface area contributed by atoms with Crippen LogP contribution in [0.1, 0.15) is 31.9 Å². The average molecular weight is 243 g/mol. The molecule has 0 aliphatic carbocycles. The van der Waals surface area contributed by atoms with Gasteiger partial charge < -0.3 is 5.73 Å². The van der Waals surface area contributed by atoms with E-state index in [1.165, 1.54) is 22.3 Å². The highest BCUT2D eigenvalue weighted by molar-refractivity contribution is 5.43. The molecule has 0 heterocycles. The molecule has 0 radical (unpaired) electrons. The summed E-state index contributed by atoms with van der Waals surface area (Å²) in [6.07, 6.45) is 6.03. The van der Waals surface area contributed by atoms with Crippen molar-refractivity contribution in [2.45, 2.75) is 34.6 Å². The number of rotatable bonds is 2. The van der Waals surface area contributed by atoms with Crippen LogP contribution in [0.15, 0.2) is 54.2 Å². The number of aryl methyl sites for hydroxylation is 2. The molecule has 0 aliphatic heterocycles. The summed E-state index contributed by atoms with van der Waals surface area (Å²) in [6.45, 7) is 13.9. The summed E-state index contributed by atoms with van der Waals surface area (Å²) < 4.78 is 0. The van der Waals surface area contributed by atoms with Gasteiger partial charge in [0.1, 0.15) is 0 Å². The number of hydrogen-bond acceptors (Lipinski definition) is 1. The Kier molecular flexibility index (Phi) is 7.53. The molecular formula is C17H25N. The summed E-state index contributed by atoms with van der Waals surface area (Å²) in [7, 11) is 0. The van der Waals surface area contributed by atoms with E-state index < -0.39 is 0 Å². The smallest absolute Gasteiger partial charge is 0.0319 e. The van der Waals surface area contributed by atoms with E-state index in [-0.39, 0.29) is 0 Å². The minimum absolute atomic E-state index is 0.854. The van der Waals surface area contributed by atoms with Gasteiger partial charge in [-0.2, -0.15) is 0 Å². The summed E-state index contributed by atoms with van der Waals surface area (Å²) in [5.74, 6) is 0. The minimum atomic E-state index is 0.854. The van der Waals surface area contributed by atoms with E-state index >= 15 is 0 Å². The quantitative estimate of drug-likeness (QED) is 0.576. The molecule has 0 aliphatic rings. The molecule has 0 amide bonds. The number of nitrogens with two attached hydrogens (primary N) is 1. The Labute approximate surface area is 112 Å². The van der Waals surface area contributed by atoms with Crippen LogP contribution < -0.4 is 5.73 Å². The highest BCUT2D eigenvalue weighted by Crippen LogP contribution is 2.08. The summed E-state index contributed by atoms with van der Waals surface area (Å²) in [5, 5.41) is 0. The van der Waals surface area contributed by atoms with Gasteiger partial charge in [0.2, 0.25) is 0 Å². The van der Waals surface area contributed by atoms with Crippen LogP contribution in [0, 0.1) is 13.8 Å². The van der Waals surface area contributed by atoms with Crippen LogP contribution in [0.3, 0.4) is 0 Å². The van der Waals surface area contributed by atoms with E-state index in [0.717, 1.165) is 5.69 Å². The monoisotopic (exact) mass is 243 g/mol. The lowest BCUT2D eigenvalue weighted by atomic mass is 10.1. The zero-order valence-corrected chi connectivity index (χ0v) is 12.2. The van der Waals surface area contributed by atoms with Gasteiger partial charge in [0.25, 0.3) is 0 Å². The Hall–Kier alpha value is -1.76. The fraction of sp³-hybridized carbons (Fsp3) is 0.294. The van der Waals surface area contributed by atoms with Crippen LogP contribution in [-0.4, -0.2) is 0 Å². The summed E-state index contributed by atoms with van der Waals surface area (Å²) in [6, 6.07) is 6.04. The molecule has 1 aromatic carbocycles. The molecule has 0 saturated carbocycles. The normalized spacial score (nSPS) is 11.6. The van der Waals surface area contributed by atoms with Crippen molar-refractivity contribution < 1.29 is 0 Å². The van der Waals surface area contributed by atoms with E-state index in [1.807, 2.05) is 45.9 Å². The first-order valence-electron chi connectivity index (χ1n) is 6.16. The molecule has 0 saturated heterocycles. The molecule has 1 nitrogen and oxygen atoms in total. The van der Waals surface area contributed by atoms with Crippen LogP contribution in [0.4, 0.5) is 5.69 Å². The fourth-order valence-corrected chi connectivity index (χ4v) is 1.51. The number of allylic oxidation sites excluding steroid dienone is 5. The van der Waals surface area contributed by atoms with Gasteiger partial charge in [-0.3, -0.25) is 0 Å². The SMILES string of the molecule is C=C/C(C)=C\C(C)=C/C.Cc1cc(C)cc(N)c1. The molecule has 1 heteroatoms. The van der Waals surface area contributed by atoms with Crippen molar-refractivity contribution in [2.24, 2.45) is 0 Å². The molecule has 0 fully saturated rings. The van der Waals surface area contributed by atoms with Crippen LogP contribution in [0.2, 0.25) is 0 Å². The Morgan fingerprint density at radius 1 is 1.06 bits per heavy atom. The maximum absolute atomic E-state index is 5.56. The molecule has 0 atom stereocenters. The van der Waals surface area contributed by atoms with Gasteiger partial charge in [0.05, 0.1) is 0 Å². The van der Waals surface area contributed by atoms with Crippen LogP contribution in [-0.2, 0) is 0 Å². The second-order valence-electron chi connectivity index (χ2n) is 4.55. The van der Waals surface area contributed by atoms with Crippen LogP contribution >= 0.6 is 0 Å². The fourth-order valence-electron chi connectivity index (χ4n) is 1.51. The van der Waals surface area contributed by atoms with Gasteiger partial charge >= 0.3 is 0 Å². The van der Waals surface area contributed by atoms with E-state index in [9.17, 15) is 0 Å². The lowest BCUT2D eigenvalue weighted by Crippen LogP contribution is -1.86. The lowest BCUT2D eigenvalue weighted by Gasteiger charge is -1.97. The molecule has 0 spiro atoms. The number of nitrogen functional groups attached to an aromatic ring is 1. The van der Waals surface area contributed by atoms with Crippen molar-refractivity contribution >= 4 is 5.69 Å². The number of benzene rings is 1. The highest BCUT2D eigenvalue weighted by atomic mass is 14.5. The van der Waals surface area contributed by atoms with Crippen molar-refractivity contribution in [3.8, 4) is 0 Å². The van der Waals surface area contributed by atoms with E-state index in [4.69, 9.17) is 5.73 Å². The van der Waals surface area contributed by atoms with Gasteiger partial charge in [-0.25, -0.2) is 0 Å². The molecule has 18 heavy (non-hydrogen) atoms. The van der Waals surface area contributed by atoms with E-state index in [0.29, 0.717) is 0 Å². The largest absolute Gasteiger partial charge is 0.399 e. The Morgan fingerprint density at radius 2 is 1.56 bits per heavy atom. The molecule has 1 rings (SSSR count). The maximum atomic E-state index is 5.56. The Bertz CT molecular complexity index is 400. The first-order chi connectivity index (χ1) is 8.38. The van der Waals surface area contributed by atoms with Gasteiger partial charge in [0.15, 0.2) is 0 Å². The predicted molar refractivity (Wildman–Crippen MR) is 83.7 cm³/mol. The topological polar surface area (TPSA) is 26.0 Å². The zero-order chi connectivity index (χ0) is 14.1. The number of anilines is 1. The van der Waals surface area contributed by atoms with Crippen molar-refractivity contribution in [3.63, 3.8) is 0 Å². The summed E-state index contributed by atoms with van der Waals surface area (Å²) in [4.78, 5) is 0. The van der Waals surface area contributed by atoms with Crippen LogP contribution in [0.25, 0.3) is 0 Å². The number of hydrogen-bond donors (Lipinski definition) is 1. The summed E-state index contributed by atoms with van der Waals surface area (Å²) in [5.41, 5.74) is 11.4. The Morgan fingerprint density at radius 3 is 1.89 bits per heavy atom. The molecule has 0 aromatic heterocycles. The zero-order valence-electron chi connectivity index (χ0n) is 12.2. The molecule has 1 aromatic rings. The van der Waals surface area contributed by atoms with Gasteiger partial charge in [-0.1, -0.05) is 42.0 Å². The minimum Gasteiger partial charge on any atom is -0.399 e. The molecule has 2 N–H and O–H groups in total. The second-order valence-corrected chi connectivity index (χ2v) is 4.55. The first-order valence-corrected chi connectivity index (χ1v) is 6.16. The first kappa shape index (κ1) is 16.2. The molecule has 0 unspecified atom stereocenters. The maximum Gasteiger partial charge on any atom is 0.0319 e. The van der Waals surface area contributed by atoms with Gasteiger partial charge in [-0.05, 0) is 57.9 Å². The standard InChI is InChI=1S/C9H14.C8H11N/c1-5-8(3)7-9(4)6-2;1-6-3-7(2)5-8(9)4-6/h5-7H,1H2,2-4H3;3-5H,9H2,1-2H3/b8-7-,9-6-;. The van der Waals surface area contributed by atoms with Crippen molar-refractivity contribution in [3.05, 3.63) is 65.3 Å². The lowest BCUT2D eigenvalue weighted by molar-refractivity contribution is 1.39. The van der Waals surface area contributed by atoms with Crippen molar-refractivity contribution in [2.75, 3.05) is 5.73 Å². The average Bonchev–Trinajstić information content (AvgIpc) is 2.27. The van der Waals surface area contributed by atoms with Gasteiger partial charge in [0, 0.05) is 5.69 Å². The van der Waals surface area contributed by atoms with E-state index in [2.05, 4.69) is 31.7 Å². The van der Waals surface area contributed by atoms with Crippen molar-refractivity contribution in [1.29, 1.82) is 0 Å². The molecule has 0 bridgehead atoms. The Balaban J connectivity index is 0.000000321. The third-order valence-corrected chi connectivity index (χ3v) is 2.48. The second kappa shape index (κ2) is 8.35. The molecular weight excluding hydrogens is 218 g/mol. The van der Waals surface area contributed by atoms with E-state index in [1.54, 1.807) is 0 Å². The van der Waals surface area contributed by atoms with Gasteiger partial charge in [-0.15, -0.1) is 0 Å².